The predicted octanol–water partition coefficient (Wildman–Crippen LogP) is 2.32. The second-order valence-corrected chi connectivity index (χ2v) is 5.14. The van der Waals surface area contributed by atoms with Gasteiger partial charge in [-0.05, 0) is 38.0 Å². The molecule has 1 N–H and O–H groups in total. The Kier molecular flexibility index (Phi) is 5.92. The molecule has 0 spiro atoms. The lowest BCUT2D eigenvalue weighted by molar-refractivity contribution is -0.150. The van der Waals surface area contributed by atoms with Crippen LogP contribution >= 0.6 is 0 Å². The van der Waals surface area contributed by atoms with E-state index in [1.54, 1.807) is 7.11 Å². The molecule has 4 nitrogen and oxygen atoms in total. The second kappa shape index (κ2) is 6.97. The van der Waals surface area contributed by atoms with Crippen molar-refractivity contribution in [2.24, 2.45) is 11.3 Å². The van der Waals surface area contributed by atoms with Crippen LogP contribution in [0.1, 0.15) is 39.0 Å². The fourth-order valence-corrected chi connectivity index (χ4v) is 2.60. The zero-order valence-corrected chi connectivity index (χ0v) is 10.9. The van der Waals surface area contributed by atoms with E-state index in [-0.39, 0.29) is 0 Å². The first kappa shape index (κ1) is 14.5. The summed E-state index contributed by atoms with van der Waals surface area (Å²) >= 11 is 0. The van der Waals surface area contributed by atoms with E-state index in [1.165, 1.54) is 0 Å². The van der Waals surface area contributed by atoms with Crippen molar-refractivity contribution in [1.82, 2.24) is 0 Å². The van der Waals surface area contributed by atoms with Crippen LogP contribution in [0.2, 0.25) is 0 Å². The highest BCUT2D eigenvalue weighted by Crippen LogP contribution is 2.44. The summed E-state index contributed by atoms with van der Waals surface area (Å²) in [6.07, 6.45) is 4.12. The van der Waals surface area contributed by atoms with Crippen molar-refractivity contribution in [1.29, 1.82) is 0 Å². The highest BCUT2D eigenvalue weighted by molar-refractivity contribution is 5.75. The van der Waals surface area contributed by atoms with Gasteiger partial charge in [0.1, 0.15) is 0 Å². The van der Waals surface area contributed by atoms with Crippen LogP contribution in [0, 0.1) is 11.3 Å². The second-order valence-electron chi connectivity index (χ2n) is 5.14. The van der Waals surface area contributed by atoms with Gasteiger partial charge >= 0.3 is 5.97 Å². The maximum Gasteiger partial charge on any atom is 0.309 e. The number of aliphatic carboxylic acids is 1. The Balaban J connectivity index is 2.24. The predicted molar refractivity (Wildman–Crippen MR) is 65.0 cm³/mol. The summed E-state index contributed by atoms with van der Waals surface area (Å²) in [5.41, 5.74) is -0.527. The molecule has 1 rings (SSSR count). The molecule has 17 heavy (non-hydrogen) atoms. The Morgan fingerprint density at radius 1 is 1.41 bits per heavy atom. The van der Waals surface area contributed by atoms with E-state index in [9.17, 15) is 9.90 Å². The van der Waals surface area contributed by atoms with Gasteiger partial charge in [0.15, 0.2) is 0 Å². The van der Waals surface area contributed by atoms with Crippen LogP contribution in [0.4, 0.5) is 0 Å². The molecule has 1 saturated carbocycles. The van der Waals surface area contributed by atoms with E-state index in [2.05, 4.69) is 6.92 Å². The fourth-order valence-electron chi connectivity index (χ4n) is 2.60. The average molecular weight is 244 g/mol. The lowest BCUT2D eigenvalue weighted by Gasteiger charge is -2.23. The SMILES string of the molecule is COCCCOCCC1(C(=O)O)CCC(C)C1. The third-order valence-corrected chi connectivity index (χ3v) is 3.67. The van der Waals surface area contributed by atoms with E-state index < -0.39 is 11.4 Å². The van der Waals surface area contributed by atoms with Gasteiger partial charge in [0.25, 0.3) is 0 Å². The molecule has 2 atom stereocenters. The van der Waals surface area contributed by atoms with Crippen molar-refractivity contribution >= 4 is 5.97 Å². The number of methoxy groups -OCH3 is 1. The summed E-state index contributed by atoms with van der Waals surface area (Å²) < 4.78 is 10.4. The van der Waals surface area contributed by atoms with E-state index >= 15 is 0 Å². The molecule has 0 aromatic heterocycles. The first-order chi connectivity index (χ1) is 8.10. The lowest BCUT2D eigenvalue weighted by Crippen LogP contribution is -2.29. The van der Waals surface area contributed by atoms with Gasteiger partial charge in [-0.1, -0.05) is 6.92 Å². The van der Waals surface area contributed by atoms with Crippen LogP contribution in [-0.4, -0.2) is 38.0 Å². The number of rotatable bonds is 8. The minimum Gasteiger partial charge on any atom is -0.481 e. The van der Waals surface area contributed by atoms with Crippen molar-refractivity contribution in [3.05, 3.63) is 0 Å². The molecule has 0 heterocycles. The van der Waals surface area contributed by atoms with Crippen LogP contribution in [0.3, 0.4) is 0 Å². The molecule has 1 aliphatic rings. The lowest BCUT2D eigenvalue weighted by atomic mass is 9.82. The summed E-state index contributed by atoms with van der Waals surface area (Å²) in [7, 11) is 1.67. The minimum absolute atomic E-state index is 0.527. The molecule has 0 bridgehead atoms. The summed E-state index contributed by atoms with van der Waals surface area (Å²) in [6, 6.07) is 0. The first-order valence-corrected chi connectivity index (χ1v) is 6.41. The third kappa shape index (κ3) is 4.28. The molecule has 0 amide bonds. The van der Waals surface area contributed by atoms with Gasteiger partial charge in [0.2, 0.25) is 0 Å². The van der Waals surface area contributed by atoms with Gasteiger partial charge in [-0.15, -0.1) is 0 Å². The van der Waals surface area contributed by atoms with Gasteiger partial charge in [0.05, 0.1) is 5.41 Å². The molecule has 0 radical (unpaired) electrons. The molecule has 0 aromatic carbocycles. The third-order valence-electron chi connectivity index (χ3n) is 3.67. The Labute approximate surface area is 103 Å². The molecule has 1 aliphatic carbocycles. The molecule has 4 heteroatoms. The topological polar surface area (TPSA) is 55.8 Å². The zero-order chi connectivity index (χ0) is 12.7. The monoisotopic (exact) mass is 244 g/mol. The van der Waals surface area contributed by atoms with E-state index in [4.69, 9.17) is 9.47 Å². The number of carboxylic acids is 1. The highest BCUT2D eigenvalue weighted by atomic mass is 16.5. The van der Waals surface area contributed by atoms with Gasteiger partial charge < -0.3 is 14.6 Å². The first-order valence-electron chi connectivity index (χ1n) is 6.41. The number of hydrogen-bond donors (Lipinski definition) is 1. The average Bonchev–Trinajstić information content (AvgIpc) is 2.67. The maximum atomic E-state index is 11.4. The van der Waals surface area contributed by atoms with Gasteiger partial charge in [-0.2, -0.15) is 0 Å². The number of ether oxygens (including phenoxy) is 2. The molecule has 0 aromatic rings. The van der Waals surface area contributed by atoms with E-state index in [1.807, 2.05) is 0 Å². The maximum absolute atomic E-state index is 11.4. The molecule has 2 unspecified atom stereocenters. The molecule has 100 valence electrons. The van der Waals surface area contributed by atoms with Gasteiger partial charge in [-0.3, -0.25) is 4.79 Å². The summed E-state index contributed by atoms with van der Waals surface area (Å²) in [4.78, 5) is 11.4. The standard InChI is InChI=1S/C13H24O4/c1-11-4-5-13(10-11,12(14)15)6-9-17-8-3-7-16-2/h11H,3-10H2,1-2H3,(H,14,15). The summed E-state index contributed by atoms with van der Waals surface area (Å²) in [5, 5.41) is 9.35. The van der Waals surface area contributed by atoms with Crippen LogP contribution in [0.5, 0.6) is 0 Å². The number of hydrogen-bond acceptors (Lipinski definition) is 3. The molecule has 0 saturated heterocycles. The minimum atomic E-state index is -0.651. The molecular weight excluding hydrogens is 220 g/mol. The van der Waals surface area contributed by atoms with Crippen LogP contribution in [-0.2, 0) is 14.3 Å². The normalized spacial score (nSPS) is 28.5. The number of carboxylic acid groups (broad SMARTS) is 1. The highest BCUT2D eigenvalue weighted by Gasteiger charge is 2.43. The van der Waals surface area contributed by atoms with Crippen LogP contribution in [0.25, 0.3) is 0 Å². The van der Waals surface area contributed by atoms with Crippen molar-refractivity contribution in [3.63, 3.8) is 0 Å². The molecular formula is C13H24O4. The van der Waals surface area contributed by atoms with E-state index in [0.29, 0.717) is 32.2 Å². The van der Waals surface area contributed by atoms with Gasteiger partial charge in [0, 0.05) is 26.9 Å². The fraction of sp³-hybridized carbons (Fsp3) is 0.923. The smallest absolute Gasteiger partial charge is 0.309 e. The Bertz CT molecular complexity index is 242. The van der Waals surface area contributed by atoms with Crippen molar-refractivity contribution in [2.75, 3.05) is 26.9 Å². The van der Waals surface area contributed by atoms with Crippen LogP contribution in [0.15, 0.2) is 0 Å². The molecule has 1 fully saturated rings. The zero-order valence-electron chi connectivity index (χ0n) is 10.9. The Morgan fingerprint density at radius 2 is 2.18 bits per heavy atom. The quantitative estimate of drug-likeness (QED) is 0.666. The number of carbonyl (C=O) groups is 1. The summed E-state index contributed by atoms with van der Waals surface area (Å²) in [5.74, 6) is -0.123. The van der Waals surface area contributed by atoms with Crippen molar-refractivity contribution in [3.8, 4) is 0 Å². The van der Waals surface area contributed by atoms with Crippen molar-refractivity contribution < 1.29 is 19.4 Å². The van der Waals surface area contributed by atoms with Gasteiger partial charge in [-0.25, -0.2) is 0 Å². The van der Waals surface area contributed by atoms with Crippen molar-refractivity contribution in [2.45, 2.75) is 39.0 Å². The van der Waals surface area contributed by atoms with Crippen LogP contribution < -0.4 is 0 Å². The summed E-state index contributed by atoms with van der Waals surface area (Å²) in [6.45, 7) is 4.02. The Hall–Kier alpha value is -0.610. The van der Waals surface area contributed by atoms with E-state index in [0.717, 1.165) is 25.7 Å². The Morgan fingerprint density at radius 3 is 2.71 bits per heavy atom. The molecule has 0 aliphatic heterocycles. The largest absolute Gasteiger partial charge is 0.481 e.